The van der Waals surface area contributed by atoms with E-state index in [0.29, 0.717) is 0 Å². The molecule has 1 atom stereocenters. The summed E-state index contributed by atoms with van der Waals surface area (Å²) in [6, 6.07) is 18.2. The molecule has 0 fully saturated rings. The van der Waals surface area contributed by atoms with Crippen LogP contribution in [-0.2, 0) is 6.42 Å². The fourth-order valence-corrected chi connectivity index (χ4v) is 3.85. The molecule has 1 aliphatic rings. The van der Waals surface area contributed by atoms with E-state index in [1.807, 2.05) is 0 Å². The molecule has 2 aromatic rings. The van der Waals surface area contributed by atoms with Crippen molar-refractivity contribution in [2.24, 2.45) is 5.92 Å². The molecule has 0 nitrogen and oxygen atoms in total. The average molecular weight is 319 g/mol. The number of benzene rings is 2. The highest BCUT2D eigenvalue weighted by Crippen LogP contribution is 2.33. The Morgan fingerprint density at radius 2 is 1.42 bits per heavy atom. The van der Waals surface area contributed by atoms with Crippen molar-refractivity contribution in [2.75, 3.05) is 0 Å². The minimum atomic E-state index is 0.916. The number of aryl methyl sites for hydroxylation is 1. The van der Waals surface area contributed by atoms with Crippen LogP contribution >= 0.6 is 0 Å². The summed E-state index contributed by atoms with van der Waals surface area (Å²) in [5, 5.41) is 0. The molecule has 0 N–H and O–H groups in total. The van der Waals surface area contributed by atoms with Gasteiger partial charge < -0.3 is 0 Å². The molecule has 0 aromatic heterocycles. The molecule has 0 aliphatic heterocycles. The Kier molecular flexibility index (Phi) is 5.91. The standard InChI is InChI=1S/C24H30/c1-3-5-19-7-11-21(12-8-19)23-15-17-24(18-16-23)22-13-9-20(6-4-2)10-14-22/h7-8,11-13,15-18,20H,3-6,9-10,14H2,1-2H3. The molecule has 0 bridgehead atoms. The fraction of sp³-hybridized carbons (Fsp3) is 0.417. The van der Waals surface area contributed by atoms with Crippen molar-refractivity contribution in [3.05, 3.63) is 65.7 Å². The Balaban J connectivity index is 1.69. The number of rotatable bonds is 6. The van der Waals surface area contributed by atoms with Gasteiger partial charge in [-0.2, -0.15) is 0 Å². The van der Waals surface area contributed by atoms with Crippen LogP contribution in [0, 0.1) is 5.92 Å². The molecule has 0 amide bonds. The van der Waals surface area contributed by atoms with E-state index in [9.17, 15) is 0 Å². The van der Waals surface area contributed by atoms with Crippen molar-refractivity contribution in [3.8, 4) is 11.1 Å². The molecule has 1 aliphatic carbocycles. The average Bonchev–Trinajstić information content (AvgIpc) is 2.64. The summed E-state index contributed by atoms with van der Waals surface area (Å²) in [6.45, 7) is 4.53. The van der Waals surface area contributed by atoms with Gasteiger partial charge in [-0.3, -0.25) is 0 Å². The van der Waals surface area contributed by atoms with E-state index in [4.69, 9.17) is 0 Å². The lowest BCUT2D eigenvalue weighted by molar-refractivity contribution is 0.445. The van der Waals surface area contributed by atoms with E-state index < -0.39 is 0 Å². The summed E-state index contributed by atoms with van der Waals surface area (Å²) in [7, 11) is 0. The van der Waals surface area contributed by atoms with E-state index in [0.717, 1.165) is 5.92 Å². The van der Waals surface area contributed by atoms with Crippen LogP contribution in [-0.4, -0.2) is 0 Å². The molecule has 3 rings (SSSR count). The van der Waals surface area contributed by atoms with Gasteiger partial charge in [-0.05, 0) is 59.4 Å². The summed E-state index contributed by atoms with van der Waals surface area (Å²) in [6.07, 6.45) is 11.4. The second-order valence-corrected chi connectivity index (χ2v) is 7.18. The first-order valence-electron chi connectivity index (χ1n) is 9.69. The van der Waals surface area contributed by atoms with Crippen molar-refractivity contribution < 1.29 is 0 Å². The first-order valence-corrected chi connectivity index (χ1v) is 9.69. The summed E-state index contributed by atoms with van der Waals surface area (Å²) >= 11 is 0. The van der Waals surface area contributed by atoms with E-state index in [2.05, 4.69) is 68.5 Å². The predicted octanol–water partition coefficient (Wildman–Crippen LogP) is 7.29. The van der Waals surface area contributed by atoms with Crippen LogP contribution in [0.25, 0.3) is 16.7 Å². The highest BCUT2D eigenvalue weighted by atomic mass is 14.2. The lowest BCUT2D eigenvalue weighted by Crippen LogP contribution is -2.04. The second-order valence-electron chi connectivity index (χ2n) is 7.18. The summed E-state index contributed by atoms with van der Waals surface area (Å²) in [5.74, 6) is 0.916. The zero-order valence-electron chi connectivity index (χ0n) is 15.2. The maximum Gasteiger partial charge on any atom is -0.0184 e. The van der Waals surface area contributed by atoms with Crippen molar-refractivity contribution >= 4 is 5.57 Å². The minimum absolute atomic E-state index is 0.916. The Hall–Kier alpha value is -1.82. The van der Waals surface area contributed by atoms with Crippen molar-refractivity contribution in [1.82, 2.24) is 0 Å². The number of allylic oxidation sites excluding steroid dienone is 2. The van der Waals surface area contributed by atoms with Crippen LogP contribution in [0.1, 0.15) is 63.5 Å². The van der Waals surface area contributed by atoms with Gasteiger partial charge in [0.25, 0.3) is 0 Å². The fourth-order valence-electron chi connectivity index (χ4n) is 3.85. The molecule has 126 valence electrons. The molecule has 24 heavy (non-hydrogen) atoms. The van der Waals surface area contributed by atoms with Crippen molar-refractivity contribution in [2.45, 2.75) is 58.8 Å². The first kappa shape index (κ1) is 17.0. The molecule has 0 radical (unpaired) electrons. The van der Waals surface area contributed by atoms with Gasteiger partial charge >= 0.3 is 0 Å². The lowest BCUT2D eigenvalue weighted by atomic mass is 9.84. The zero-order valence-corrected chi connectivity index (χ0v) is 15.2. The van der Waals surface area contributed by atoms with Gasteiger partial charge in [-0.25, -0.2) is 0 Å². The summed E-state index contributed by atoms with van der Waals surface area (Å²) in [5.41, 5.74) is 7.04. The van der Waals surface area contributed by atoms with E-state index >= 15 is 0 Å². The van der Waals surface area contributed by atoms with Crippen molar-refractivity contribution in [3.63, 3.8) is 0 Å². The lowest BCUT2D eigenvalue weighted by Gasteiger charge is -2.21. The topological polar surface area (TPSA) is 0 Å². The quantitative estimate of drug-likeness (QED) is 0.524. The molecule has 0 saturated carbocycles. The molecular formula is C24H30. The summed E-state index contributed by atoms with van der Waals surface area (Å²) < 4.78 is 0. The maximum atomic E-state index is 2.48. The third-order valence-electron chi connectivity index (χ3n) is 5.30. The molecule has 0 heterocycles. The van der Waals surface area contributed by atoms with Gasteiger partial charge in [0.15, 0.2) is 0 Å². The third kappa shape index (κ3) is 4.17. The molecular weight excluding hydrogens is 288 g/mol. The SMILES string of the molecule is CCCc1ccc(-c2ccc(C3=CCC(CCC)CC3)cc2)cc1. The zero-order chi connectivity index (χ0) is 16.8. The minimum Gasteiger partial charge on any atom is -0.0804 e. The van der Waals surface area contributed by atoms with Gasteiger partial charge in [0.2, 0.25) is 0 Å². The van der Waals surface area contributed by atoms with E-state index in [1.54, 1.807) is 5.57 Å². The molecule has 2 aromatic carbocycles. The Bertz CT molecular complexity index is 658. The molecule has 0 heteroatoms. The highest BCUT2D eigenvalue weighted by molar-refractivity contribution is 5.71. The van der Waals surface area contributed by atoms with Gasteiger partial charge in [-0.1, -0.05) is 87.7 Å². The molecule has 1 unspecified atom stereocenters. The summed E-state index contributed by atoms with van der Waals surface area (Å²) in [4.78, 5) is 0. The van der Waals surface area contributed by atoms with E-state index in [1.165, 1.54) is 67.2 Å². The predicted molar refractivity (Wildman–Crippen MR) is 106 cm³/mol. The van der Waals surface area contributed by atoms with Gasteiger partial charge in [0.1, 0.15) is 0 Å². The Morgan fingerprint density at radius 1 is 0.792 bits per heavy atom. The van der Waals surface area contributed by atoms with Crippen LogP contribution in [0.5, 0.6) is 0 Å². The number of hydrogen-bond acceptors (Lipinski definition) is 0. The highest BCUT2D eigenvalue weighted by Gasteiger charge is 2.14. The second kappa shape index (κ2) is 8.33. The third-order valence-corrected chi connectivity index (χ3v) is 5.30. The first-order chi connectivity index (χ1) is 11.8. The van der Waals surface area contributed by atoms with Crippen LogP contribution in [0.15, 0.2) is 54.6 Å². The van der Waals surface area contributed by atoms with Gasteiger partial charge in [-0.15, -0.1) is 0 Å². The number of hydrogen-bond donors (Lipinski definition) is 0. The van der Waals surface area contributed by atoms with Gasteiger partial charge in [0.05, 0.1) is 0 Å². The monoisotopic (exact) mass is 318 g/mol. The maximum absolute atomic E-state index is 2.48. The van der Waals surface area contributed by atoms with Crippen LogP contribution in [0.4, 0.5) is 0 Å². The smallest absolute Gasteiger partial charge is 0.0184 e. The van der Waals surface area contributed by atoms with E-state index in [-0.39, 0.29) is 0 Å². The van der Waals surface area contributed by atoms with Crippen molar-refractivity contribution in [1.29, 1.82) is 0 Å². The normalized spacial score (nSPS) is 17.6. The molecule has 0 spiro atoms. The Labute approximate surface area is 147 Å². The largest absolute Gasteiger partial charge is 0.0804 e. The Morgan fingerprint density at radius 3 is 1.96 bits per heavy atom. The van der Waals surface area contributed by atoms with Crippen LogP contribution in [0.3, 0.4) is 0 Å². The van der Waals surface area contributed by atoms with Gasteiger partial charge in [0, 0.05) is 0 Å². The van der Waals surface area contributed by atoms with Crippen LogP contribution < -0.4 is 0 Å². The van der Waals surface area contributed by atoms with Crippen LogP contribution in [0.2, 0.25) is 0 Å². The molecule has 0 saturated heterocycles.